The molecule has 0 saturated carbocycles. The zero-order chi connectivity index (χ0) is 11.2. The average molecular weight is 238 g/mol. The Bertz CT molecular complexity index is 195. The Kier molecular flexibility index (Phi) is 6.37. The molecule has 0 bridgehead atoms. The third kappa shape index (κ3) is 4.96. The Morgan fingerprint density at radius 1 is 1.50 bits per heavy atom. The van der Waals surface area contributed by atoms with Crippen molar-refractivity contribution in [1.29, 1.82) is 0 Å². The van der Waals surface area contributed by atoms with E-state index in [1.807, 2.05) is 0 Å². The topological polar surface area (TPSA) is 66.1 Å². The van der Waals surface area contributed by atoms with Crippen LogP contribution in [0.4, 0.5) is 0 Å². The Balaban J connectivity index is 4.36. The van der Waals surface area contributed by atoms with Crippen molar-refractivity contribution in [3.8, 4) is 0 Å². The fraction of sp³-hybridized carbons (Fsp3) is 0.857. The van der Waals surface area contributed by atoms with Gasteiger partial charge in [-0.15, -0.1) is 12.6 Å². The Hall–Kier alpha value is -0.0831. The molecule has 1 atom stereocenters. The Labute approximate surface area is 92.8 Å². The lowest BCUT2D eigenvalue weighted by atomic mass is 10.3. The molecule has 0 aromatic carbocycles. The molecule has 5 nitrogen and oxygen atoms in total. The number of nitrogens with zero attached hydrogens (tertiary/aromatic N) is 1. The standard InChI is InChI=1S/C7H18N2O3SSi/c1-10-5(9-6(8)13)4-7(14,11-2)12-3/h5H,4H2,1-3,14H3,(H3,8,9,13). The van der Waals surface area contributed by atoms with Crippen LogP contribution in [0.15, 0.2) is 4.99 Å². The van der Waals surface area contributed by atoms with E-state index in [1.54, 1.807) is 21.3 Å². The number of nitrogens with two attached hydrogens (primary N) is 1. The van der Waals surface area contributed by atoms with Crippen molar-refractivity contribution in [2.75, 3.05) is 21.3 Å². The Morgan fingerprint density at radius 3 is 2.29 bits per heavy atom. The summed E-state index contributed by atoms with van der Waals surface area (Å²) in [5, 5.41) is 0.188. The van der Waals surface area contributed by atoms with Gasteiger partial charge in [0.05, 0.1) is 10.2 Å². The molecule has 0 saturated heterocycles. The number of aliphatic imine (C=N–C) groups is 1. The minimum absolute atomic E-state index is 0.188. The molecule has 0 heterocycles. The second kappa shape index (κ2) is 6.41. The maximum atomic E-state index is 5.33. The van der Waals surface area contributed by atoms with Gasteiger partial charge in [-0.25, -0.2) is 4.99 Å². The molecular weight excluding hydrogens is 220 g/mol. The van der Waals surface area contributed by atoms with Crippen molar-refractivity contribution in [2.45, 2.75) is 18.1 Å². The van der Waals surface area contributed by atoms with Gasteiger partial charge in [0.1, 0.15) is 5.41 Å². The summed E-state index contributed by atoms with van der Waals surface area (Å²) in [6.07, 6.45) is 0.120. The quantitative estimate of drug-likeness (QED) is 0.203. The number of rotatable bonds is 6. The highest BCUT2D eigenvalue weighted by Crippen LogP contribution is 2.16. The molecular formula is C7H18N2O3SSi. The summed E-state index contributed by atoms with van der Waals surface area (Å²) in [6.45, 7) is 0. The first kappa shape index (κ1) is 13.9. The molecule has 1 unspecified atom stereocenters. The van der Waals surface area contributed by atoms with Crippen LogP contribution >= 0.6 is 12.6 Å². The second-order valence-corrected chi connectivity index (χ2v) is 4.91. The van der Waals surface area contributed by atoms with Crippen LogP contribution in [0.25, 0.3) is 0 Å². The highest BCUT2D eigenvalue weighted by atomic mass is 32.1. The zero-order valence-corrected chi connectivity index (χ0v) is 11.9. The van der Waals surface area contributed by atoms with Crippen molar-refractivity contribution in [1.82, 2.24) is 0 Å². The Morgan fingerprint density at radius 2 is 2.00 bits per heavy atom. The van der Waals surface area contributed by atoms with Crippen molar-refractivity contribution in [2.24, 2.45) is 10.7 Å². The summed E-state index contributed by atoms with van der Waals surface area (Å²) in [6, 6.07) is 0. The molecule has 0 aromatic heterocycles. The number of hydrogen-bond donors (Lipinski definition) is 2. The van der Waals surface area contributed by atoms with E-state index >= 15 is 0 Å². The van der Waals surface area contributed by atoms with Crippen molar-refractivity contribution >= 4 is 28.0 Å². The van der Waals surface area contributed by atoms with Crippen LogP contribution in [0.5, 0.6) is 0 Å². The highest BCUT2D eigenvalue weighted by Gasteiger charge is 2.27. The van der Waals surface area contributed by atoms with Crippen LogP contribution in [0.2, 0.25) is 0 Å². The van der Waals surface area contributed by atoms with Crippen LogP contribution in [0.1, 0.15) is 6.42 Å². The summed E-state index contributed by atoms with van der Waals surface area (Å²) in [4.78, 5) is 3.97. The first-order valence-electron chi connectivity index (χ1n) is 4.12. The first-order chi connectivity index (χ1) is 6.47. The number of amidine groups is 1. The minimum Gasteiger partial charge on any atom is -0.379 e. The predicted molar refractivity (Wildman–Crippen MR) is 62.7 cm³/mol. The molecule has 2 N–H and O–H groups in total. The molecule has 7 heteroatoms. The average Bonchev–Trinajstić information content (AvgIpc) is 2.16. The van der Waals surface area contributed by atoms with Crippen molar-refractivity contribution in [3.63, 3.8) is 0 Å². The van der Waals surface area contributed by atoms with Gasteiger partial charge in [-0.3, -0.25) is 0 Å². The molecule has 0 aliphatic heterocycles. The number of thiol groups is 1. The molecule has 0 radical (unpaired) electrons. The number of methoxy groups -OCH3 is 3. The van der Waals surface area contributed by atoms with Crippen LogP contribution in [-0.2, 0) is 14.2 Å². The van der Waals surface area contributed by atoms with Gasteiger partial charge in [-0.05, 0) is 0 Å². The van der Waals surface area contributed by atoms with E-state index < -0.39 is 5.41 Å². The molecule has 0 amide bonds. The molecule has 0 fully saturated rings. The smallest absolute Gasteiger partial charge is 0.155 e. The van der Waals surface area contributed by atoms with Gasteiger partial charge in [-0.1, -0.05) is 0 Å². The first-order valence-corrected chi connectivity index (χ1v) is 5.57. The predicted octanol–water partition coefficient (Wildman–Crippen LogP) is -1.09. The van der Waals surface area contributed by atoms with E-state index in [0.29, 0.717) is 16.7 Å². The molecule has 0 aliphatic carbocycles. The summed E-state index contributed by atoms with van der Waals surface area (Å²) in [5.41, 5.74) is 4.74. The van der Waals surface area contributed by atoms with E-state index in [4.69, 9.17) is 19.9 Å². The maximum Gasteiger partial charge on any atom is 0.155 e. The van der Waals surface area contributed by atoms with Crippen molar-refractivity contribution < 1.29 is 14.2 Å². The normalized spacial score (nSPS) is 15.9. The second-order valence-electron chi connectivity index (χ2n) is 2.92. The van der Waals surface area contributed by atoms with E-state index in [1.165, 1.54) is 0 Å². The zero-order valence-electron chi connectivity index (χ0n) is 8.98. The highest BCUT2D eigenvalue weighted by molar-refractivity contribution is 7.96. The minimum atomic E-state index is -0.590. The van der Waals surface area contributed by atoms with Gasteiger partial charge < -0.3 is 19.9 Å². The van der Waals surface area contributed by atoms with Crippen LogP contribution in [-0.4, -0.2) is 48.4 Å². The molecule has 0 rings (SSSR count). The monoisotopic (exact) mass is 238 g/mol. The lowest BCUT2D eigenvalue weighted by Crippen LogP contribution is -2.38. The number of hydrogen-bond acceptors (Lipinski definition) is 4. The van der Waals surface area contributed by atoms with Gasteiger partial charge >= 0.3 is 0 Å². The van der Waals surface area contributed by atoms with E-state index in [2.05, 4.69) is 17.6 Å². The van der Waals surface area contributed by atoms with Gasteiger partial charge in [0.15, 0.2) is 11.4 Å². The summed E-state index contributed by atoms with van der Waals surface area (Å²) < 4.78 is 15.6. The number of ether oxygens (including phenoxy) is 3. The maximum absolute atomic E-state index is 5.33. The lowest BCUT2D eigenvalue weighted by Gasteiger charge is -2.28. The van der Waals surface area contributed by atoms with Gasteiger partial charge in [-0.2, -0.15) is 0 Å². The lowest BCUT2D eigenvalue weighted by molar-refractivity contribution is -0.162. The van der Waals surface area contributed by atoms with Gasteiger partial charge in [0, 0.05) is 27.8 Å². The fourth-order valence-corrected chi connectivity index (χ4v) is 1.37. The molecule has 0 aromatic rings. The fourth-order valence-electron chi connectivity index (χ4n) is 0.896. The SMILES string of the molecule is COC(CC([SiH3])(OC)OC)N=C(N)S. The van der Waals surface area contributed by atoms with Crippen LogP contribution in [0.3, 0.4) is 0 Å². The summed E-state index contributed by atoms with van der Waals surface area (Å²) in [7, 11) is 5.46. The van der Waals surface area contributed by atoms with Gasteiger partial charge in [0.25, 0.3) is 0 Å². The van der Waals surface area contributed by atoms with Gasteiger partial charge in [0.2, 0.25) is 0 Å². The third-order valence-corrected chi connectivity index (χ3v) is 3.30. The third-order valence-electron chi connectivity index (χ3n) is 1.96. The summed E-state index contributed by atoms with van der Waals surface area (Å²) in [5.74, 6) is 0. The largest absolute Gasteiger partial charge is 0.379 e. The molecule has 0 aliphatic rings. The van der Waals surface area contributed by atoms with Crippen LogP contribution < -0.4 is 5.73 Å². The van der Waals surface area contributed by atoms with E-state index in [0.717, 1.165) is 0 Å². The molecule has 14 heavy (non-hydrogen) atoms. The van der Waals surface area contributed by atoms with Crippen molar-refractivity contribution in [3.05, 3.63) is 0 Å². The molecule has 84 valence electrons. The summed E-state index contributed by atoms with van der Waals surface area (Å²) >= 11 is 3.88. The van der Waals surface area contributed by atoms with Crippen LogP contribution in [0, 0.1) is 0 Å². The van der Waals surface area contributed by atoms with E-state index in [-0.39, 0.29) is 11.4 Å². The molecule has 0 spiro atoms. The van der Waals surface area contributed by atoms with E-state index in [9.17, 15) is 0 Å².